The second-order valence-corrected chi connectivity index (χ2v) is 9.72. The Hall–Kier alpha value is -0.870. The molecule has 0 aromatic heterocycles. The number of ether oxygens (including phenoxy) is 2. The van der Waals surface area contributed by atoms with E-state index in [1.807, 2.05) is 6.92 Å². The van der Waals surface area contributed by atoms with Gasteiger partial charge in [-0.05, 0) is 69.6 Å². The van der Waals surface area contributed by atoms with Gasteiger partial charge in [0.1, 0.15) is 6.10 Å². The number of epoxide rings is 1. The van der Waals surface area contributed by atoms with Gasteiger partial charge in [0.2, 0.25) is 0 Å². The number of hydrogen-bond acceptors (Lipinski definition) is 4. The average molecular weight is 379 g/mol. The van der Waals surface area contributed by atoms with Crippen LogP contribution in [-0.4, -0.2) is 35.5 Å². The van der Waals surface area contributed by atoms with Crippen molar-refractivity contribution in [1.82, 2.24) is 0 Å². The fraction of sp³-hybridized carbons (Fsp3) is 0.870. The summed E-state index contributed by atoms with van der Waals surface area (Å²) in [6.07, 6.45) is 8.41. The van der Waals surface area contributed by atoms with Gasteiger partial charge in [-0.3, -0.25) is 4.79 Å². The number of fused-ring (bicyclic) bond motifs is 3. The molecule has 7 atom stereocenters. The molecule has 2 aliphatic carbocycles. The summed E-state index contributed by atoms with van der Waals surface area (Å²) < 4.78 is 11.7. The zero-order valence-corrected chi connectivity index (χ0v) is 17.8. The molecule has 3 aliphatic rings. The fourth-order valence-corrected chi connectivity index (χ4v) is 5.55. The van der Waals surface area contributed by atoms with Crippen molar-refractivity contribution < 1.29 is 19.4 Å². The summed E-state index contributed by atoms with van der Waals surface area (Å²) in [5.74, 6) is 0.709. The molecule has 0 aromatic rings. The molecule has 1 N–H and O–H groups in total. The Labute approximate surface area is 164 Å². The van der Waals surface area contributed by atoms with Gasteiger partial charge in [-0.2, -0.15) is 0 Å². The second-order valence-electron chi connectivity index (χ2n) is 9.72. The second kappa shape index (κ2) is 7.87. The Morgan fingerprint density at radius 1 is 1.33 bits per heavy atom. The highest BCUT2D eigenvalue weighted by molar-refractivity contribution is 5.68. The van der Waals surface area contributed by atoms with Crippen molar-refractivity contribution in [3.8, 4) is 0 Å². The molecule has 0 unspecified atom stereocenters. The highest BCUT2D eigenvalue weighted by atomic mass is 16.6. The molecule has 0 radical (unpaired) electrons. The van der Waals surface area contributed by atoms with Crippen molar-refractivity contribution in [1.29, 1.82) is 0 Å². The van der Waals surface area contributed by atoms with E-state index in [1.165, 1.54) is 5.57 Å². The predicted octanol–water partition coefficient (Wildman–Crippen LogP) is 4.65. The van der Waals surface area contributed by atoms with Crippen molar-refractivity contribution in [2.24, 2.45) is 23.2 Å². The summed E-state index contributed by atoms with van der Waals surface area (Å²) in [5, 5.41) is 11.2. The Kier molecular flexibility index (Phi) is 6.08. The van der Waals surface area contributed by atoms with E-state index in [-0.39, 0.29) is 34.9 Å². The van der Waals surface area contributed by atoms with E-state index in [4.69, 9.17) is 9.47 Å². The van der Waals surface area contributed by atoms with Crippen LogP contribution < -0.4 is 0 Å². The van der Waals surface area contributed by atoms with E-state index in [0.717, 1.165) is 38.5 Å². The maximum atomic E-state index is 11.9. The third-order valence-electron chi connectivity index (χ3n) is 8.02. The van der Waals surface area contributed by atoms with Crippen molar-refractivity contribution >= 4 is 5.97 Å². The van der Waals surface area contributed by atoms with E-state index < -0.39 is 6.10 Å². The van der Waals surface area contributed by atoms with Gasteiger partial charge < -0.3 is 14.6 Å². The average Bonchev–Trinajstić information content (AvgIpc) is 3.31. The normalized spacial score (nSPS) is 46.9. The van der Waals surface area contributed by atoms with Gasteiger partial charge in [0, 0.05) is 12.3 Å². The van der Waals surface area contributed by atoms with E-state index in [1.54, 1.807) is 0 Å². The van der Waals surface area contributed by atoms with Crippen molar-refractivity contribution in [3.63, 3.8) is 0 Å². The topological polar surface area (TPSA) is 59.1 Å². The molecule has 1 aliphatic heterocycles. The van der Waals surface area contributed by atoms with Gasteiger partial charge in [0.05, 0.1) is 18.3 Å². The first-order chi connectivity index (χ1) is 12.7. The molecule has 4 heteroatoms. The molecule has 2 bridgehead atoms. The Balaban J connectivity index is 1.91. The van der Waals surface area contributed by atoms with Gasteiger partial charge in [0.25, 0.3) is 0 Å². The molecule has 1 heterocycles. The quantitative estimate of drug-likeness (QED) is 0.441. The molecule has 27 heavy (non-hydrogen) atoms. The van der Waals surface area contributed by atoms with Crippen LogP contribution in [0.1, 0.15) is 79.6 Å². The first-order valence-corrected chi connectivity index (χ1v) is 10.9. The van der Waals surface area contributed by atoms with E-state index in [9.17, 15) is 9.90 Å². The van der Waals surface area contributed by atoms with Gasteiger partial charge in [0.15, 0.2) is 0 Å². The summed E-state index contributed by atoms with van der Waals surface area (Å²) >= 11 is 0. The molecule has 0 spiro atoms. The Morgan fingerprint density at radius 2 is 2.07 bits per heavy atom. The first kappa shape index (κ1) is 20.9. The van der Waals surface area contributed by atoms with E-state index in [2.05, 4.69) is 33.8 Å². The lowest BCUT2D eigenvalue weighted by atomic mass is 9.54. The lowest BCUT2D eigenvalue weighted by Gasteiger charge is -2.51. The monoisotopic (exact) mass is 378 g/mol. The number of hydrogen-bond donors (Lipinski definition) is 1. The number of rotatable bonds is 3. The third kappa shape index (κ3) is 4.12. The lowest BCUT2D eigenvalue weighted by molar-refractivity contribution is -0.152. The van der Waals surface area contributed by atoms with Crippen LogP contribution in [0.2, 0.25) is 0 Å². The fourth-order valence-electron chi connectivity index (χ4n) is 5.55. The molecule has 0 amide bonds. The Morgan fingerprint density at radius 3 is 2.78 bits per heavy atom. The van der Waals surface area contributed by atoms with Crippen LogP contribution in [0, 0.1) is 23.2 Å². The highest BCUT2D eigenvalue weighted by Crippen LogP contribution is 2.55. The van der Waals surface area contributed by atoms with Crippen LogP contribution in [0.3, 0.4) is 0 Å². The van der Waals surface area contributed by atoms with Crippen molar-refractivity contribution in [2.75, 3.05) is 6.61 Å². The molecular formula is C23H38O4. The van der Waals surface area contributed by atoms with Gasteiger partial charge >= 0.3 is 5.97 Å². The van der Waals surface area contributed by atoms with E-state index >= 15 is 0 Å². The van der Waals surface area contributed by atoms with Crippen LogP contribution >= 0.6 is 0 Å². The maximum Gasteiger partial charge on any atom is 0.305 e. The number of carbonyl (C=O) groups is 1. The Bertz CT molecular complexity index is 585. The van der Waals surface area contributed by atoms with Crippen molar-refractivity contribution in [3.05, 3.63) is 11.6 Å². The van der Waals surface area contributed by atoms with E-state index in [0.29, 0.717) is 18.9 Å². The van der Waals surface area contributed by atoms with Crippen LogP contribution in [-0.2, 0) is 14.3 Å². The van der Waals surface area contributed by atoms with Crippen LogP contribution in [0.15, 0.2) is 11.6 Å². The number of carbonyl (C=O) groups excluding carboxylic acids is 1. The zero-order chi connectivity index (χ0) is 19.8. The summed E-state index contributed by atoms with van der Waals surface area (Å²) in [6.45, 7) is 11.3. The molecule has 1 saturated carbocycles. The van der Waals surface area contributed by atoms with Crippen LogP contribution in [0.4, 0.5) is 0 Å². The first-order valence-electron chi connectivity index (χ1n) is 10.9. The molecule has 0 aromatic carbocycles. The standard InChI is InChI=1S/C23H38O4/c1-6-19(24)26-14-18-17-10-9-16(3)22(18,4)13-11-15(2)8-7-12-23(5)21(27-23)20(17)25/h8,16-18,20-21,25H,6-7,9-14H2,1-5H3/b15-8+/t16-,17-,18+,20-,21-,22+,23-/m1/s1. The summed E-state index contributed by atoms with van der Waals surface area (Å²) in [4.78, 5) is 11.9. The van der Waals surface area contributed by atoms with Crippen molar-refractivity contribution in [2.45, 2.75) is 97.4 Å². The smallest absolute Gasteiger partial charge is 0.305 e. The van der Waals surface area contributed by atoms with Gasteiger partial charge in [-0.15, -0.1) is 0 Å². The van der Waals surface area contributed by atoms with Crippen LogP contribution in [0.25, 0.3) is 0 Å². The SMILES string of the molecule is CCC(=O)OC[C@H]1[C@H]2CC[C@@H](C)[C@]1(C)CC/C(C)=C/CC[C@@]1(C)O[C@@H]1[C@@H]2O. The minimum Gasteiger partial charge on any atom is -0.465 e. The van der Waals surface area contributed by atoms with Gasteiger partial charge in [-0.25, -0.2) is 0 Å². The predicted molar refractivity (Wildman–Crippen MR) is 106 cm³/mol. The summed E-state index contributed by atoms with van der Waals surface area (Å²) in [6, 6.07) is 0. The maximum absolute atomic E-state index is 11.9. The zero-order valence-electron chi connectivity index (χ0n) is 17.8. The molecule has 154 valence electrons. The summed E-state index contributed by atoms with van der Waals surface area (Å²) in [7, 11) is 0. The van der Waals surface area contributed by atoms with Gasteiger partial charge in [-0.1, -0.05) is 32.4 Å². The summed E-state index contributed by atoms with van der Waals surface area (Å²) in [5.41, 5.74) is 1.29. The third-order valence-corrected chi connectivity index (χ3v) is 8.02. The molecule has 2 fully saturated rings. The minimum atomic E-state index is -0.475. The minimum absolute atomic E-state index is 0.0531. The molecule has 4 nitrogen and oxygen atoms in total. The largest absolute Gasteiger partial charge is 0.465 e. The molecular weight excluding hydrogens is 340 g/mol. The van der Waals surface area contributed by atoms with Crippen LogP contribution in [0.5, 0.6) is 0 Å². The number of aliphatic hydroxyl groups excluding tert-OH is 1. The number of esters is 1. The number of aliphatic hydroxyl groups is 1. The lowest BCUT2D eigenvalue weighted by Crippen LogP contribution is -2.50. The number of allylic oxidation sites excluding steroid dienone is 2. The highest BCUT2D eigenvalue weighted by Gasteiger charge is 2.60. The molecule has 3 rings (SSSR count). The molecule has 1 saturated heterocycles.